The molecule has 0 bridgehead atoms. The summed E-state index contributed by atoms with van der Waals surface area (Å²) in [4.78, 5) is 15.7. The van der Waals surface area contributed by atoms with Crippen LogP contribution in [0.5, 0.6) is 0 Å². The van der Waals surface area contributed by atoms with Crippen molar-refractivity contribution in [1.29, 1.82) is 0 Å². The van der Waals surface area contributed by atoms with Gasteiger partial charge in [-0.05, 0) is 42.2 Å². The number of piperidine rings is 1. The molecule has 4 atom stereocenters. The van der Waals surface area contributed by atoms with Gasteiger partial charge in [0, 0.05) is 31.5 Å². The van der Waals surface area contributed by atoms with Gasteiger partial charge >= 0.3 is 5.97 Å². The second-order valence-electron chi connectivity index (χ2n) is 9.70. The minimum atomic E-state index is -1.51. The van der Waals surface area contributed by atoms with Gasteiger partial charge in [-0.1, -0.05) is 73.5 Å². The summed E-state index contributed by atoms with van der Waals surface area (Å²) in [5, 5.41) is 11.5. The molecule has 1 aliphatic heterocycles. The predicted octanol–water partition coefficient (Wildman–Crippen LogP) is 4.03. The van der Waals surface area contributed by atoms with Crippen molar-refractivity contribution in [1.82, 2.24) is 4.90 Å². The van der Waals surface area contributed by atoms with Crippen LogP contribution in [0.3, 0.4) is 0 Å². The zero-order valence-corrected chi connectivity index (χ0v) is 18.2. The largest absolute Gasteiger partial charge is 0.463 e. The third kappa shape index (κ3) is 4.16. The third-order valence-corrected chi connectivity index (χ3v) is 7.88. The fourth-order valence-corrected chi connectivity index (χ4v) is 5.94. The number of likely N-dealkylation sites (tertiary alicyclic amines) is 1. The fourth-order valence-electron chi connectivity index (χ4n) is 5.94. The molecule has 0 aromatic heterocycles. The molecular weight excluding hydrogens is 386 g/mol. The van der Waals surface area contributed by atoms with Crippen LogP contribution in [0.2, 0.25) is 0 Å². The van der Waals surface area contributed by atoms with Crippen LogP contribution in [-0.4, -0.2) is 42.2 Å². The van der Waals surface area contributed by atoms with Crippen LogP contribution in [-0.2, 0) is 21.6 Å². The summed E-state index contributed by atoms with van der Waals surface area (Å²) in [6, 6.07) is 20.0. The van der Waals surface area contributed by atoms with Gasteiger partial charge < -0.3 is 14.7 Å². The first-order valence-electron chi connectivity index (χ1n) is 11.9. The molecule has 1 heterocycles. The van der Waals surface area contributed by atoms with Crippen LogP contribution >= 0.6 is 0 Å². The van der Waals surface area contributed by atoms with Crippen LogP contribution in [0.25, 0.3) is 0 Å². The molecule has 0 spiro atoms. The van der Waals surface area contributed by atoms with Crippen LogP contribution in [0.15, 0.2) is 60.7 Å². The van der Waals surface area contributed by atoms with Crippen molar-refractivity contribution in [3.05, 3.63) is 71.8 Å². The number of nitrogens with zero attached hydrogens (tertiary/aromatic N) is 1. The Kier molecular flexibility index (Phi) is 5.85. The van der Waals surface area contributed by atoms with Gasteiger partial charge in [0.2, 0.25) is 0 Å². The highest BCUT2D eigenvalue weighted by molar-refractivity contribution is 5.81. The maximum absolute atomic E-state index is 13.1. The number of carbonyl (C=O) groups is 1. The summed E-state index contributed by atoms with van der Waals surface area (Å²) in [5.74, 6) is 1.24. The standard InChI is InChI=1S/C27H33NO3/c29-26(27(30,22-13-7-8-14-22)21-11-5-2-6-12-21)31-19-25-23-17-28(18-24(23)25)16-15-20-9-3-1-4-10-20/h1-6,9-12,22-25,30H,7-8,13-19H2/t23-,24+,25?,27?. The highest BCUT2D eigenvalue weighted by atomic mass is 16.6. The second kappa shape index (κ2) is 8.76. The van der Waals surface area contributed by atoms with Crippen molar-refractivity contribution in [2.75, 3.05) is 26.2 Å². The highest BCUT2D eigenvalue weighted by Gasteiger charge is 2.56. The maximum atomic E-state index is 13.1. The molecule has 3 aliphatic rings. The molecular formula is C27H33NO3. The Labute approximate surface area is 185 Å². The Balaban J connectivity index is 1.13. The number of ether oxygens (including phenoxy) is 1. The summed E-state index contributed by atoms with van der Waals surface area (Å²) in [5.41, 5.74) is 0.555. The summed E-state index contributed by atoms with van der Waals surface area (Å²) < 4.78 is 5.79. The van der Waals surface area contributed by atoms with E-state index < -0.39 is 11.6 Å². The molecule has 1 N–H and O–H groups in total. The average Bonchev–Trinajstić information content (AvgIpc) is 3.22. The van der Waals surface area contributed by atoms with Crippen molar-refractivity contribution in [2.45, 2.75) is 37.7 Å². The lowest BCUT2D eigenvalue weighted by molar-refractivity contribution is -0.174. The van der Waals surface area contributed by atoms with Crippen molar-refractivity contribution in [3.63, 3.8) is 0 Å². The van der Waals surface area contributed by atoms with E-state index in [1.807, 2.05) is 30.3 Å². The summed E-state index contributed by atoms with van der Waals surface area (Å²) in [6.45, 7) is 3.75. The first-order chi connectivity index (χ1) is 15.2. The van der Waals surface area contributed by atoms with Crippen LogP contribution in [0, 0.1) is 23.7 Å². The topological polar surface area (TPSA) is 49.8 Å². The van der Waals surface area contributed by atoms with Crippen LogP contribution < -0.4 is 0 Å². The number of rotatable bonds is 8. The Hall–Kier alpha value is -2.17. The third-order valence-electron chi connectivity index (χ3n) is 7.88. The van der Waals surface area contributed by atoms with Gasteiger partial charge in [-0.15, -0.1) is 0 Å². The average molecular weight is 420 g/mol. The number of esters is 1. The molecule has 2 aromatic carbocycles. The Morgan fingerprint density at radius 2 is 1.58 bits per heavy atom. The summed E-state index contributed by atoms with van der Waals surface area (Å²) in [7, 11) is 0. The molecule has 2 aliphatic carbocycles. The molecule has 4 heteroatoms. The van der Waals surface area contributed by atoms with Gasteiger partial charge in [0.25, 0.3) is 0 Å². The Morgan fingerprint density at radius 3 is 2.23 bits per heavy atom. The van der Waals surface area contributed by atoms with E-state index >= 15 is 0 Å². The van der Waals surface area contributed by atoms with Gasteiger partial charge in [-0.2, -0.15) is 0 Å². The van der Waals surface area contributed by atoms with E-state index in [1.54, 1.807) is 0 Å². The molecule has 4 nitrogen and oxygen atoms in total. The smallest absolute Gasteiger partial charge is 0.343 e. The molecule has 3 fully saturated rings. The fraction of sp³-hybridized carbons (Fsp3) is 0.519. The van der Waals surface area contributed by atoms with Crippen molar-refractivity contribution < 1.29 is 14.6 Å². The molecule has 2 saturated carbocycles. The normalized spacial score (nSPS) is 27.6. The van der Waals surface area contributed by atoms with Crippen molar-refractivity contribution in [3.8, 4) is 0 Å². The summed E-state index contributed by atoms with van der Waals surface area (Å²) in [6.07, 6.45) is 4.99. The number of benzene rings is 2. The van der Waals surface area contributed by atoms with Gasteiger partial charge in [-0.25, -0.2) is 4.79 Å². The monoisotopic (exact) mass is 419 g/mol. The molecule has 31 heavy (non-hydrogen) atoms. The van der Waals surface area contributed by atoms with Gasteiger partial charge in [0.15, 0.2) is 5.60 Å². The quantitative estimate of drug-likeness (QED) is 0.657. The minimum absolute atomic E-state index is 0.0467. The maximum Gasteiger partial charge on any atom is 0.343 e. The number of carbonyl (C=O) groups excluding carboxylic acids is 1. The molecule has 1 saturated heterocycles. The van der Waals surface area contributed by atoms with E-state index in [1.165, 1.54) is 5.56 Å². The van der Waals surface area contributed by atoms with E-state index in [-0.39, 0.29) is 5.92 Å². The number of fused-ring (bicyclic) bond motifs is 1. The summed E-state index contributed by atoms with van der Waals surface area (Å²) >= 11 is 0. The molecule has 5 rings (SSSR count). The molecule has 2 unspecified atom stereocenters. The first kappa shape index (κ1) is 20.7. The number of hydrogen-bond donors (Lipinski definition) is 1. The SMILES string of the molecule is O=C(OCC1[C@H]2CN(CCc3ccccc3)C[C@@H]12)C(O)(c1ccccc1)C1CCCC1. The Morgan fingerprint density at radius 1 is 0.968 bits per heavy atom. The van der Waals surface area contributed by atoms with Gasteiger partial charge in [0.1, 0.15) is 0 Å². The van der Waals surface area contributed by atoms with E-state index in [9.17, 15) is 9.90 Å². The zero-order valence-electron chi connectivity index (χ0n) is 18.2. The van der Waals surface area contributed by atoms with E-state index in [0.29, 0.717) is 29.9 Å². The van der Waals surface area contributed by atoms with Crippen molar-refractivity contribution in [2.24, 2.45) is 23.7 Å². The molecule has 0 amide bonds. The second-order valence-corrected chi connectivity index (χ2v) is 9.70. The zero-order chi connectivity index (χ0) is 21.3. The van der Waals surface area contributed by atoms with Gasteiger partial charge in [0.05, 0.1) is 6.61 Å². The Bertz CT molecular complexity index is 868. The minimum Gasteiger partial charge on any atom is -0.463 e. The van der Waals surface area contributed by atoms with E-state index in [0.717, 1.165) is 51.7 Å². The van der Waals surface area contributed by atoms with E-state index in [2.05, 4.69) is 35.2 Å². The highest BCUT2D eigenvalue weighted by Crippen LogP contribution is 2.52. The van der Waals surface area contributed by atoms with Crippen LogP contribution in [0.1, 0.15) is 36.8 Å². The predicted molar refractivity (Wildman–Crippen MR) is 120 cm³/mol. The lowest BCUT2D eigenvalue weighted by atomic mass is 9.80. The molecule has 0 radical (unpaired) electrons. The first-order valence-corrected chi connectivity index (χ1v) is 11.9. The number of aliphatic hydroxyl groups is 1. The molecule has 2 aromatic rings. The lowest BCUT2D eigenvalue weighted by Crippen LogP contribution is -2.43. The van der Waals surface area contributed by atoms with E-state index in [4.69, 9.17) is 4.74 Å². The number of hydrogen-bond acceptors (Lipinski definition) is 4. The lowest BCUT2D eigenvalue weighted by Gasteiger charge is -2.32. The molecule has 164 valence electrons. The van der Waals surface area contributed by atoms with Crippen LogP contribution in [0.4, 0.5) is 0 Å². The van der Waals surface area contributed by atoms with Crippen molar-refractivity contribution >= 4 is 5.97 Å². The van der Waals surface area contributed by atoms with Gasteiger partial charge in [-0.3, -0.25) is 0 Å².